The van der Waals surface area contributed by atoms with Gasteiger partial charge in [-0.3, -0.25) is 9.59 Å². The maximum absolute atomic E-state index is 13.4. The van der Waals surface area contributed by atoms with Gasteiger partial charge < -0.3 is 9.80 Å². The number of halogens is 1. The van der Waals surface area contributed by atoms with Crippen molar-refractivity contribution in [1.29, 1.82) is 0 Å². The predicted octanol–water partition coefficient (Wildman–Crippen LogP) is 4.77. The van der Waals surface area contributed by atoms with E-state index in [0.717, 1.165) is 11.1 Å². The van der Waals surface area contributed by atoms with Crippen molar-refractivity contribution < 1.29 is 14.0 Å². The molecule has 0 N–H and O–H groups in total. The summed E-state index contributed by atoms with van der Waals surface area (Å²) in [6, 6.07) is 8.10. The third-order valence-corrected chi connectivity index (χ3v) is 6.35. The SMILES string of the molecule is CC(C)c1cc(-c2ccc(F)cc2)nn2cc(C(=O)N3CCN(C(=O)CC(C)(C)C)[C@@H](C)C3)nc12. The Morgan fingerprint density at radius 3 is 2.43 bits per heavy atom. The smallest absolute Gasteiger partial charge is 0.274 e. The zero-order valence-corrected chi connectivity index (χ0v) is 21.4. The first kappa shape index (κ1) is 24.8. The fourth-order valence-corrected chi connectivity index (χ4v) is 4.52. The van der Waals surface area contributed by atoms with Crippen LogP contribution in [0.25, 0.3) is 16.9 Å². The highest BCUT2D eigenvalue weighted by Gasteiger charge is 2.32. The average Bonchev–Trinajstić information content (AvgIpc) is 3.21. The van der Waals surface area contributed by atoms with Crippen molar-refractivity contribution in [1.82, 2.24) is 24.4 Å². The van der Waals surface area contributed by atoms with E-state index in [1.54, 1.807) is 27.7 Å². The zero-order chi connectivity index (χ0) is 25.5. The van der Waals surface area contributed by atoms with Gasteiger partial charge in [0.1, 0.15) is 11.5 Å². The number of fused-ring (bicyclic) bond motifs is 1. The molecule has 0 unspecified atom stereocenters. The van der Waals surface area contributed by atoms with Gasteiger partial charge in [0.2, 0.25) is 5.91 Å². The molecular weight excluding hydrogens is 445 g/mol. The van der Waals surface area contributed by atoms with E-state index in [1.807, 2.05) is 17.9 Å². The van der Waals surface area contributed by atoms with Gasteiger partial charge in [-0.25, -0.2) is 13.9 Å². The van der Waals surface area contributed by atoms with Gasteiger partial charge in [-0.15, -0.1) is 0 Å². The molecule has 1 saturated heterocycles. The monoisotopic (exact) mass is 479 g/mol. The van der Waals surface area contributed by atoms with Gasteiger partial charge in [-0.05, 0) is 48.6 Å². The Morgan fingerprint density at radius 1 is 1.14 bits per heavy atom. The zero-order valence-electron chi connectivity index (χ0n) is 21.4. The first-order valence-electron chi connectivity index (χ1n) is 12.2. The van der Waals surface area contributed by atoms with Gasteiger partial charge in [0.15, 0.2) is 5.65 Å². The maximum Gasteiger partial charge on any atom is 0.274 e. The third-order valence-electron chi connectivity index (χ3n) is 6.35. The van der Waals surface area contributed by atoms with Crippen molar-refractivity contribution in [2.45, 2.75) is 59.9 Å². The van der Waals surface area contributed by atoms with E-state index in [0.29, 0.717) is 43.1 Å². The van der Waals surface area contributed by atoms with Gasteiger partial charge >= 0.3 is 0 Å². The second kappa shape index (κ2) is 9.40. The Labute approximate surface area is 205 Å². The number of aromatic nitrogens is 3. The molecule has 0 saturated carbocycles. The van der Waals surface area contributed by atoms with Gasteiger partial charge in [0.05, 0.1) is 11.9 Å². The summed E-state index contributed by atoms with van der Waals surface area (Å²) in [6.45, 7) is 13.7. The molecule has 0 aliphatic carbocycles. The van der Waals surface area contributed by atoms with Crippen LogP contribution in [0.5, 0.6) is 0 Å². The van der Waals surface area contributed by atoms with Crippen LogP contribution in [0.2, 0.25) is 0 Å². The average molecular weight is 480 g/mol. The molecule has 4 rings (SSSR count). The number of hydrogen-bond acceptors (Lipinski definition) is 4. The molecule has 3 aromatic rings. The van der Waals surface area contributed by atoms with Gasteiger partial charge in [-0.1, -0.05) is 34.6 Å². The Morgan fingerprint density at radius 2 is 1.83 bits per heavy atom. The standard InChI is InChI=1S/C27H34FN5O2/c1-17(2)21-13-22(19-7-9-20(28)10-8-19)30-33-16-23(29-25(21)33)26(35)31-11-12-32(18(3)15-31)24(34)14-27(4,5)6/h7-10,13,16-18H,11-12,14-15H2,1-6H3/t18-/m0/s1. The highest BCUT2D eigenvalue weighted by Crippen LogP contribution is 2.27. The lowest BCUT2D eigenvalue weighted by Gasteiger charge is -2.40. The number of hydrogen-bond donors (Lipinski definition) is 0. The highest BCUT2D eigenvalue weighted by atomic mass is 19.1. The molecule has 2 aromatic heterocycles. The second-order valence-electron chi connectivity index (χ2n) is 11.0. The minimum absolute atomic E-state index is 0.0611. The summed E-state index contributed by atoms with van der Waals surface area (Å²) in [5.41, 5.74) is 3.34. The van der Waals surface area contributed by atoms with E-state index >= 15 is 0 Å². The molecule has 1 aromatic carbocycles. The predicted molar refractivity (Wildman–Crippen MR) is 134 cm³/mol. The Balaban J connectivity index is 1.58. The van der Waals surface area contributed by atoms with Crippen molar-refractivity contribution in [2.24, 2.45) is 5.41 Å². The Kier molecular flexibility index (Phi) is 6.66. The molecule has 1 aliphatic heterocycles. The molecular formula is C27H34FN5O2. The number of piperazine rings is 1. The number of carbonyl (C=O) groups is 2. The van der Waals surface area contributed by atoms with Crippen molar-refractivity contribution in [2.75, 3.05) is 19.6 Å². The van der Waals surface area contributed by atoms with Crippen molar-refractivity contribution >= 4 is 17.5 Å². The van der Waals surface area contributed by atoms with E-state index < -0.39 is 0 Å². The molecule has 2 amide bonds. The van der Waals surface area contributed by atoms with Crippen molar-refractivity contribution in [3.8, 4) is 11.3 Å². The number of imidazole rings is 1. The summed E-state index contributed by atoms with van der Waals surface area (Å²) in [5, 5.41) is 4.66. The first-order valence-corrected chi connectivity index (χ1v) is 12.2. The minimum Gasteiger partial charge on any atom is -0.336 e. The van der Waals surface area contributed by atoms with Crippen molar-refractivity contribution in [3.05, 3.63) is 53.6 Å². The lowest BCUT2D eigenvalue weighted by molar-refractivity contribution is -0.137. The second-order valence-corrected chi connectivity index (χ2v) is 11.0. The lowest BCUT2D eigenvalue weighted by atomic mass is 9.91. The van der Waals surface area contributed by atoms with E-state index in [9.17, 15) is 14.0 Å². The summed E-state index contributed by atoms with van der Waals surface area (Å²) in [4.78, 5) is 34.4. The Hall–Kier alpha value is -3.29. The summed E-state index contributed by atoms with van der Waals surface area (Å²) in [6.07, 6.45) is 2.15. The van der Waals surface area contributed by atoms with Crippen LogP contribution < -0.4 is 0 Å². The van der Waals surface area contributed by atoms with Crippen LogP contribution in [0.4, 0.5) is 4.39 Å². The number of carbonyl (C=O) groups excluding carboxylic acids is 2. The van der Waals surface area contributed by atoms with Crippen LogP contribution in [0.15, 0.2) is 36.5 Å². The molecule has 0 bridgehead atoms. The molecule has 7 nitrogen and oxygen atoms in total. The van der Waals surface area contributed by atoms with Gasteiger partial charge in [0, 0.05) is 43.2 Å². The maximum atomic E-state index is 13.4. The molecule has 1 aliphatic rings. The Bertz CT molecular complexity index is 1240. The molecule has 35 heavy (non-hydrogen) atoms. The van der Waals surface area contributed by atoms with E-state index in [4.69, 9.17) is 0 Å². The van der Waals surface area contributed by atoms with Crippen LogP contribution in [0.1, 0.15) is 69.9 Å². The number of amides is 2. The van der Waals surface area contributed by atoms with E-state index in [-0.39, 0.29) is 35.0 Å². The van der Waals surface area contributed by atoms with Gasteiger partial charge in [-0.2, -0.15) is 5.10 Å². The minimum atomic E-state index is -0.302. The van der Waals surface area contributed by atoms with E-state index in [1.165, 1.54) is 12.1 Å². The summed E-state index contributed by atoms with van der Waals surface area (Å²) in [7, 11) is 0. The topological polar surface area (TPSA) is 70.8 Å². The van der Waals surface area contributed by atoms with E-state index in [2.05, 4.69) is 44.7 Å². The first-order chi connectivity index (χ1) is 16.4. The molecule has 186 valence electrons. The third kappa shape index (κ3) is 5.36. The fourth-order valence-electron chi connectivity index (χ4n) is 4.52. The van der Waals surface area contributed by atoms with Gasteiger partial charge in [0.25, 0.3) is 5.91 Å². The fraction of sp³-hybridized carbons (Fsp3) is 0.481. The molecule has 1 atom stereocenters. The van der Waals surface area contributed by atoms with Crippen LogP contribution in [-0.2, 0) is 4.79 Å². The quantitative estimate of drug-likeness (QED) is 0.541. The molecule has 0 spiro atoms. The number of rotatable bonds is 4. The number of nitrogens with zero attached hydrogens (tertiary/aromatic N) is 5. The number of benzene rings is 1. The lowest BCUT2D eigenvalue weighted by Crippen LogP contribution is -2.55. The summed E-state index contributed by atoms with van der Waals surface area (Å²) in [5.74, 6) is -0.182. The van der Waals surface area contributed by atoms with Crippen LogP contribution in [0.3, 0.4) is 0 Å². The van der Waals surface area contributed by atoms with Crippen LogP contribution in [0, 0.1) is 11.2 Å². The van der Waals surface area contributed by atoms with Crippen LogP contribution >= 0.6 is 0 Å². The molecule has 8 heteroatoms. The normalized spacial score (nSPS) is 16.9. The molecule has 3 heterocycles. The van der Waals surface area contributed by atoms with Crippen molar-refractivity contribution in [3.63, 3.8) is 0 Å². The van der Waals surface area contributed by atoms with Crippen LogP contribution in [-0.4, -0.2) is 61.9 Å². The highest BCUT2D eigenvalue weighted by molar-refractivity contribution is 5.93. The summed E-state index contributed by atoms with van der Waals surface area (Å²) < 4.78 is 15.0. The molecule has 0 radical (unpaired) electrons. The molecule has 1 fully saturated rings. The summed E-state index contributed by atoms with van der Waals surface area (Å²) >= 11 is 0. The largest absolute Gasteiger partial charge is 0.336 e.